The van der Waals surface area contributed by atoms with E-state index < -0.39 is 6.04 Å². The minimum Gasteiger partial charge on any atom is -0.353 e. The maximum Gasteiger partial charge on any atom is 0.237 e. The van der Waals surface area contributed by atoms with E-state index in [1.165, 1.54) is 23.3 Å². The van der Waals surface area contributed by atoms with Crippen LogP contribution in [0.4, 0.5) is 4.39 Å². The van der Waals surface area contributed by atoms with Crippen LogP contribution in [0.15, 0.2) is 84.9 Å². The van der Waals surface area contributed by atoms with Crippen molar-refractivity contribution >= 4 is 11.8 Å². The molecule has 33 heavy (non-hydrogen) atoms. The molecule has 0 spiro atoms. The first-order chi connectivity index (χ1) is 16.1. The highest BCUT2D eigenvalue weighted by Crippen LogP contribution is 2.27. The third-order valence-electron chi connectivity index (χ3n) is 6.02. The first-order valence-corrected chi connectivity index (χ1v) is 11.2. The predicted molar refractivity (Wildman–Crippen MR) is 126 cm³/mol. The van der Waals surface area contributed by atoms with Crippen molar-refractivity contribution < 1.29 is 14.0 Å². The number of nitrogens with one attached hydrogen (secondary N) is 2. The second-order valence-electron chi connectivity index (χ2n) is 8.29. The molecule has 3 aromatic carbocycles. The maximum atomic E-state index is 13.4. The molecule has 6 heteroatoms. The summed E-state index contributed by atoms with van der Waals surface area (Å²) >= 11 is 0. The highest BCUT2D eigenvalue weighted by molar-refractivity contribution is 5.88. The Hall–Kier alpha value is -3.51. The molecule has 4 rings (SSSR count). The van der Waals surface area contributed by atoms with Gasteiger partial charge in [-0.1, -0.05) is 72.8 Å². The fourth-order valence-electron chi connectivity index (χ4n) is 4.31. The topological polar surface area (TPSA) is 61.4 Å². The van der Waals surface area contributed by atoms with E-state index >= 15 is 0 Å². The second kappa shape index (κ2) is 10.9. The number of piperazine rings is 1. The number of carbonyl (C=O) groups is 2. The Balaban J connectivity index is 1.47. The van der Waals surface area contributed by atoms with Crippen molar-refractivity contribution in [2.45, 2.75) is 24.9 Å². The quantitative estimate of drug-likeness (QED) is 0.558. The molecule has 0 saturated carbocycles. The van der Waals surface area contributed by atoms with Gasteiger partial charge in [0.05, 0.1) is 12.5 Å². The van der Waals surface area contributed by atoms with E-state index in [-0.39, 0.29) is 36.5 Å². The summed E-state index contributed by atoms with van der Waals surface area (Å²) in [7, 11) is 0. The molecule has 1 saturated heterocycles. The fourth-order valence-corrected chi connectivity index (χ4v) is 4.31. The number of hydrogen-bond acceptors (Lipinski definition) is 3. The number of amides is 2. The monoisotopic (exact) mass is 445 g/mol. The molecule has 170 valence electrons. The third kappa shape index (κ3) is 6.05. The van der Waals surface area contributed by atoms with Gasteiger partial charge in [-0.25, -0.2) is 4.39 Å². The van der Waals surface area contributed by atoms with Crippen molar-refractivity contribution in [2.75, 3.05) is 19.6 Å². The summed E-state index contributed by atoms with van der Waals surface area (Å²) in [6.45, 7) is 2.07. The summed E-state index contributed by atoms with van der Waals surface area (Å²) in [6, 6.07) is 26.0. The third-order valence-corrected chi connectivity index (χ3v) is 6.02. The summed E-state index contributed by atoms with van der Waals surface area (Å²) in [4.78, 5) is 27.5. The summed E-state index contributed by atoms with van der Waals surface area (Å²) in [5, 5.41) is 5.71. The van der Waals surface area contributed by atoms with Crippen LogP contribution in [-0.2, 0) is 16.1 Å². The lowest BCUT2D eigenvalue weighted by Crippen LogP contribution is -2.57. The average Bonchev–Trinajstić information content (AvgIpc) is 2.84. The molecule has 3 aromatic rings. The van der Waals surface area contributed by atoms with Gasteiger partial charge in [-0.2, -0.15) is 0 Å². The van der Waals surface area contributed by atoms with Crippen LogP contribution >= 0.6 is 0 Å². The van der Waals surface area contributed by atoms with Gasteiger partial charge < -0.3 is 10.6 Å². The molecule has 1 fully saturated rings. The number of halogens is 1. The Kier molecular flexibility index (Phi) is 7.47. The fraction of sp³-hybridized carbons (Fsp3) is 0.259. The summed E-state index contributed by atoms with van der Waals surface area (Å²) < 4.78 is 13.4. The van der Waals surface area contributed by atoms with Crippen molar-refractivity contribution in [3.05, 3.63) is 107 Å². The zero-order valence-electron chi connectivity index (χ0n) is 18.4. The van der Waals surface area contributed by atoms with Gasteiger partial charge in [-0.15, -0.1) is 0 Å². The van der Waals surface area contributed by atoms with Gasteiger partial charge in [0.25, 0.3) is 0 Å². The van der Waals surface area contributed by atoms with Gasteiger partial charge in [0, 0.05) is 32.1 Å². The highest BCUT2D eigenvalue weighted by Gasteiger charge is 2.33. The zero-order chi connectivity index (χ0) is 23.0. The molecular weight excluding hydrogens is 417 g/mol. The molecule has 2 N–H and O–H groups in total. The SMILES string of the molecule is O=C(CC1C(=O)NCCN1CC(c1ccccc1)c1ccccc1)NCc1cccc(F)c1. The van der Waals surface area contributed by atoms with Crippen molar-refractivity contribution in [1.82, 2.24) is 15.5 Å². The number of hydrogen-bond donors (Lipinski definition) is 2. The Labute approximate surface area is 193 Å². The number of nitrogens with zero attached hydrogens (tertiary/aromatic N) is 1. The van der Waals surface area contributed by atoms with Gasteiger partial charge >= 0.3 is 0 Å². The second-order valence-corrected chi connectivity index (χ2v) is 8.29. The van der Waals surface area contributed by atoms with Crippen LogP contribution < -0.4 is 10.6 Å². The van der Waals surface area contributed by atoms with Crippen LogP contribution in [0.25, 0.3) is 0 Å². The maximum absolute atomic E-state index is 13.4. The summed E-state index contributed by atoms with van der Waals surface area (Å²) in [5.41, 5.74) is 3.02. The van der Waals surface area contributed by atoms with E-state index in [1.54, 1.807) is 12.1 Å². The Bertz CT molecular complexity index is 1040. The molecule has 1 atom stereocenters. The molecule has 0 bridgehead atoms. The van der Waals surface area contributed by atoms with Crippen LogP contribution in [0.2, 0.25) is 0 Å². The van der Waals surface area contributed by atoms with Crippen molar-refractivity contribution in [3.63, 3.8) is 0 Å². The van der Waals surface area contributed by atoms with Gasteiger partial charge in [0.15, 0.2) is 0 Å². The highest BCUT2D eigenvalue weighted by atomic mass is 19.1. The minimum absolute atomic E-state index is 0.0530. The van der Waals surface area contributed by atoms with Crippen molar-refractivity contribution in [3.8, 4) is 0 Å². The standard InChI is InChI=1S/C27H28FN3O2/c28-23-13-7-8-20(16-23)18-30-26(32)17-25-27(33)29-14-15-31(25)19-24(21-9-3-1-4-10-21)22-11-5-2-6-12-22/h1-13,16,24-25H,14-15,17-19H2,(H,29,33)(H,30,32). The number of carbonyl (C=O) groups excluding carboxylic acids is 2. The predicted octanol–water partition coefficient (Wildman–Crippen LogP) is 3.46. The molecule has 0 aliphatic carbocycles. The minimum atomic E-state index is -0.554. The van der Waals surface area contributed by atoms with E-state index in [2.05, 4.69) is 39.8 Å². The van der Waals surface area contributed by atoms with E-state index in [4.69, 9.17) is 0 Å². The largest absolute Gasteiger partial charge is 0.353 e. The molecule has 1 aliphatic rings. The average molecular weight is 446 g/mol. The first kappa shape index (κ1) is 22.7. The number of rotatable bonds is 8. The lowest BCUT2D eigenvalue weighted by atomic mass is 9.90. The summed E-state index contributed by atoms with van der Waals surface area (Å²) in [6.07, 6.45) is 0.0530. The molecule has 2 amide bonds. The van der Waals surface area contributed by atoms with Crippen molar-refractivity contribution in [2.24, 2.45) is 0 Å². The van der Waals surface area contributed by atoms with Crippen molar-refractivity contribution in [1.29, 1.82) is 0 Å². The lowest BCUT2D eigenvalue weighted by molar-refractivity contribution is -0.134. The van der Waals surface area contributed by atoms with E-state index in [0.717, 1.165) is 0 Å². The van der Waals surface area contributed by atoms with Gasteiger partial charge in [-0.05, 0) is 28.8 Å². The van der Waals surface area contributed by atoms with Gasteiger partial charge in [0.1, 0.15) is 5.82 Å². The Morgan fingerprint density at radius 3 is 2.30 bits per heavy atom. The molecule has 0 radical (unpaired) electrons. The summed E-state index contributed by atoms with van der Waals surface area (Å²) in [5.74, 6) is -0.632. The molecule has 1 unspecified atom stereocenters. The van der Waals surface area contributed by atoms with Gasteiger partial charge in [-0.3, -0.25) is 14.5 Å². The smallest absolute Gasteiger partial charge is 0.237 e. The molecule has 5 nitrogen and oxygen atoms in total. The Morgan fingerprint density at radius 2 is 1.67 bits per heavy atom. The molecule has 1 heterocycles. The van der Waals surface area contributed by atoms with Crippen LogP contribution in [0.5, 0.6) is 0 Å². The normalized spacial score (nSPS) is 16.4. The zero-order valence-corrected chi connectivity index (χ0v) is 18.4. The molecular formula is C27H28FN3O2. The van der Waals surface area contributed by atoms with Crippen LogP contribution in [0.1, 0.15) is 29.0 Å². The lowest BCUT2D eigenvalue weighted by Gasteiger charge is -2.37. The van der Waals surface area contributed by atoms with Gasteiger partial charge in [0.2, 0.25) is 11.8 Å². The van der Waals surface area contributed by atoms with Crippen LogP contribution in [-0.4, -0.2) is 42.4 Å². The van der Waals surface area contributed by atoms with Crippen LogP contribution in [0.3, 0.4) is 0 Å². The molecule has 1 aliphatic heterocycles. The van der Waals surface area contributed by atoms with E-state index in [1.807, 2.05) is 36.4 Å². The Morgan fingerprint density at radius 1 is 1.00 bits per heavy atom. The van der Waals surface area contributed by atoms with E-state index in [9.17, 15) is 14.0 Å². The first-order valence-electron chi connectivity index (χ1n) is 11.2. The van der Waals surface area contributed by atoms with Crippen LogP contribution in [0, 0.1) is 5.82 Å². The van der Waals surface area contributed by atoms with E-state index in [0.29, 0.717) is 25.2 Å². The molecule has 0 aromatic heterocycles. The number of benzene rings is 3.